The lowest BCUT2D eigenvalue weighted by Gasteiger charge is -2.42. The number of morpholine rings is 1. The van der Waals surface area contributed by atoms with Gasteiger partial charge in [0.25, 0.3) is 0 Å². The number of amides is 2. The van der Waals surface area contributed by atoms with Crippen molar-refractivity contribution in [2.24, 2.45) is 0 Å². The molecule has 3 atom stereocenters. The average Bonchev–Trinajstić information content (AvgIpc) is 3.20. The molecule has 0 saturated carbocycles. The summed E-state index contributed by atoms with van der Waals surface area (Å²) < 4.78 is 5.99. The van der Waals surface area contributed by atoms with E-state index in [1.54, 1.807) is 0 Å². The quantitative estimate of drug-likeness (QED) is 0.876. The van der Waals surface area contributed by atoms with Gasteiger partial charge in [-0.15, -0.1) is 0 Å². The summed E-state index contributed by atoms with van der Waals surface area (Å²) in [7, 11) is 0. The van der Waals surface area contributed by atoms with E-state index in [0.717, 1.165) is 44.5 Å². The number of aromatic amines is 1. The van der Waals surface area contributed by atoms with Crippen LogP contribution in [0.5, 0.6) is 0 Å². The molecule has 0 radical (unpaired) electrons. The second-order valence-corrected chi connectivity index (χ2v) is 7.52. The number of ether oxygens (including phenoxy) is 1. The highest BCUT2D eigenvalue weighted by Gasteiger charge is 2.32. The third-order valence-corrected chi connectivity index (χ3v) is 5.86. The highest BCUT2D eigenvalue weighted by Crippen LogP contribution is 2.30. The number of carbonyl (C=O) groups excluding carboxylic acids is 1. The van der Waals surface area contributed by atoms with E-state index in [1.807, 2.05) is 17.3 Å². The van der Waals surface area contributed by atoms with Gasteiger partial charge in [0, 0.05) is 37.4 Å². The van der Waals surface area contributed by atoms with Crippen molar-refractivity contribution in [3.63, 3.8) is 0 Å². The Hall–Kier alpha value is -1.60. The molecule has 1 aromatic rings. The molecular weight excluding hydrogens is 318 g/mol. The minimum absolute atomic E-state index is 0.0234. The van der Waals surface area contributed by atoms with E-state index in [-0.39, 0.29) is 18.2 Å². The zero-order valence-electron chi connectivity index (χ0n) is 14.8. The van der Waals surface area contributed by atoms with E-state index in [4.69, 9.17) is 4.74 Å². The molecule has 3 aliphatic heterocycles. The zero-order valence-corrected chi connectivity index (χ0v) is 14.8. The molecule has 138 valence electrons. The molecule has 4 rings (SSSR count). The number of rotatable bonds is 3. The van der Waals surface area contributed by atoms with Gasteiger partial charge >= 0.3 is 6.03 Å². The van der Waals surface area contributed by atoms with Gasteiger partial charge in [-0.2, -0.15) is 5.10 Å². The monoisotopic (exact) mass is 347 g/mol. The number of nitrogens with zero attached hydrogens (tertiary/aromatic N) is 3. The van der Waals surface area contributed by atoms with Crippen molar-refractivity contribution in [2.75, 3.05) is 32.8 Å². The first-order valence-corrected chi connectivity index (χ1v) is 9.70. The summed E-state index contributed by atoms with van der Waals surface area (Å²) in [5.74, 6) is 0. The third-order valence-electron chi connectivity index (χ3n) is 5.86. The van der Waals surface area contributed by atoms with Gasteiger partial charge in [0.2, 0.25) is 0 Å². The lowest BCUT2D eigenvalue weighted by molar-refractivity contribution is -0.0726. The smallest absolute Gasteiger partial charge is 0.318 e. The Kier molecular flexibility index (Phi) is 5.22. The molecule has 3 saturated heterocycles. The molecule has 2 N–H and O–H groups in total. The normalized spacial score (nSPS) is 30.7. The second kappa shape index (κ2) is 7.74. The number of hydrogen-bond acceptors (Lipinski definition) is 4. The van der Waals surface area contributed by atoms with Crippen LogP contribution >= 0.6 is 0 Å². The average molecular weight is 347 g/mol. The van der Waals surface area contributed by atoms with E-state index < -0.39 is 0 Å². The summed E-state index contributed by atoms with van der Waals surface area (Å²) in [6.07, 6.45) is 10.9. The Morgan fingerprint density at radius 2 is 2.16 bits per heavy atom. The number of aromatic nitrogens is 2. The van der Waals surface area contributed by atoms with Crippen molar-refractivity contribution in [3.8, 4) is 0 Å². The molecule has 25 heavy (non-hydrogen) atoms. The van der Waals surface area contributed by atoms with Gasteiger partial charge in [-0.1, -0.05) is 6.42 Å². The van der Waals surface area contributed by atoms with Crippen molar-refractivity contribution in [3.05, 3.63) is 18.0 Å². The van der Waals surface area contributed by atoms with E-state index in [1.165, 1.54) is 25.8 Å². The second-order valence-electron chi connectivity index (χ2n) is 7.52. The van der Waals surface area contributed by atoms with Crippen LogP contribution in [0, 0.1) is 0 Å². The Bertz CT molecular complexity index is 564. The molecule has 0 unspecified atom stereocenters. The summed E-state index contributed by atoms with van der Waals surface area (Å²) >= 11 is 0. The van der Waals surface area contributed by atoms with Crippen molar-refractivity contribution in [2.45, 2.75) is 56.7 Å². The van der Waals surface area contributed by atoms with E-state index in [2.05, 4.69) is 20.4 Å². The number of piperidine rings is 2. The number of fused-ring (bicyclic) bond motifs is 1. The fourth-order valence-corrected chi connectivity index (χ4v) is 4.44. The van der Waals surface area contributed by atoms with Crippen molar-refractivity contribution in [1.29, 1.82) is 0 Å². The van der Waals surface area contributed by atoms with Crippen LogP contribution in [0.4, 0.5) is 4.79 Å². The fraction of sp³-hybridized carbons (Fsp3) is 0.778. The van der Waals surface area contributed by atoms with Gasteiger partial charge in [0.15, 0.2) is 0 Å². The predicted octanol–water partition coefficient (Wildman–Crippen LogP) is 1.90. The summed E-state index contributed by atoms with van der Waals surface area (Å²) in [4.78, 5) is 17.2. The fourth-order valence-electron chi connectivity index (χ4n) is 4.44. The molecule has 7 heteroatoms. The first-order chi connectivity index (χ1) is 12.3. The van der Waals surface area contributed by atoms with E-state index in [0.29, 0.717) is 12.6 Å². The Labute approximate surface area is 149 Å². The molecule has 0 aliphatic carbocycles. The van der Waals surface area contributed by atoms with Crippen LogP contribution in [-0.2, 0) is 4.74 Å². The van der Waals surface area contributed by atoms with E-state index >= 15 is 0 Å². The van der Waals surface area contributed by atoms with Crippen LogP contribution in [-0.4, -0.2) is 71.0 Å². The Morgan fingerprint density at radius 1 is 1.28 bits per heavy atom. The molecule has 0 spiro atoms. The number of H-pyrrole nitrogens is 1. The van der Waals surface area contributed by atoms with Crippen LogP contribution in [0.15, 0.2) is 12.4 Å². The van der Waals surface area contributed by atoms with Crippen LogP contribution < -0.4 is 5.32 Å². The topological polar surface area (TPSA) is 73.5 Å². The van der Waals surface area contributed by atoms with Crippen molar-refractivity contribution in [1.82, 2.24) is 25.3 Å². The van der Waals surface area contributed by atoms with Crippen LogP contribution in [0.2, 0.25) is 0 Å². The SMILES string of the molecule is O=C(NC[C@@H]1CN2CCCC[C@@H]2CO1)N1CCCC[C@H]1c1cn[nH]c1. The molecule has 4 heterocycles. The molecule has 7 nitrogen and oxygen atoms in total. The van der Waals surface area contributed by atoms with Crippen molar-refractivity contribution >= 4 is 6.03 Å². The van der Waals surface area contributed by atoms with Gasteiger partial charge in [-0.25, -0.2) is 4.79 Å². The highest BCUT2D eigenvalue weighted by molar-refractivity contribution is 5.74. The first-order valence-electron chi connectivity index (χ1n) is 9.70. The lowest BCUT2D eigenvalue weighted by atomic mass is 9.98. The molecular formula is C18H29N5O2. The number of urea groups is 1. The summed E-state index contributed by atoms with van der Waals surface area (Å²) in [5.41, 5.74) is 1.10. The zero-order chi connectivity index (χ0) is 17.1. The number of nitrogens with one attached hydrogen (secondary N) is 2. The predicted molar refractivity (Wildman–Crippen MR) is 94.2 cm³/mol. The maximum absolute atomic E-state index is 12.7. The summed E-state index contributed by atoms with van der Waals surface area (Å²) in [6, 6.07) is 0.745. The summed E-state index contributed by atoms with van der Waals surface area (Å²) in [6.45, 7) is 4.32. The van der Waals surface area contributed by atoms with Gasteiger partial charge in [-0.05, 0) is 38.6 Å². The minimum atomic E-state index is 0.0234. The largest absolute Gasteiger partial charge is 0.373 e. The Morgan fingerprint density at radius 3 is 3.04 bits per heavy atom. The maximum atomic E-state index is 12.7. The maximum Gasteiger partial charge on any atom is 0.318 e. The van der Waals surface area contributed by atoms with E-state index in [9.17, 15) is 4.79 Å². The number of likely N-dealkylation sites (tertiary alicyclic amines) is 1. The number of carbonyl (C=O) groups is 1. The van der Waals surface area contributed by atoms with Gasteiger partial charge in [0.1, 0.15) is 0 Å². The summed E-state index contributed by atoms with van der Waals surface area (Å²) in [5, 5.41) is 10.0. The van der Waals surface area contributed by atoms with Crippen LogP contribution in [0.1, 0.15) is 50.1 Å². The molecule has 3 aliphatic rings. The molecule has 2 amide bonds. The molecule has 0 aromatic carbocycles. The molecule has 3 fully saturated rings. The standard InChI is InChI=1S/C18H29N5O2/c24-18(23-8-4-2-6-17(23)14-9-20-21-10-14)19-11-16-12-22-7-3-1-5-15(22)13-25-16/h9-10,15-17H,1-8,11-13H2,(H,19,24)(H,20,21)/t15-,16-,17+/m1/s1. The van der Waals surface area contributed by atoms with Crippen LogP contribution in [0.3, 0.4) is 0 Å². The van der Waals surface area contributed by atoms with Crippen molar-refractivity contribution < 1.29 is 9.53 Å². The Balaban J connectivity index is 1.30. The lowest BCUT2D eigenvalue weighted by Crippen LogP contribution is -2.55. The van der Waals surface area contributed by atoms with Gasteiger partial charge in [0.05, 0.1) is 24.9 Å². The molecule has 1 aromatic heterocycles. The number of hydrogen-bond donors (Lipinski definition) is 2. The minimum Gasteiger partial charge on any atom is -0.373 e. The highest BCUT2D eigenvalue weighted by atomic mass is 16.5. The third kappa shape index (κ3) is 3.82. The van der Waals surface area contributed by atoms with Gasteiger partial charge in [-0.3, -0.25) is 10.00 Å². The van der Waals surface area contributed by atoms with Crippen LogP contribution in [0.25, 0.3) is 0 Å². The van der Waals surface area contributed by atoms with Gasteiger partial charge < -0.3 is 15.0 Å². The molecule has 0 bridgehead atoms. The first kappa shape index (κ1) is 16.8.